The quantitative estimate of drug-likeness (QED) is 0.194. The number of nitrogens with zero attached hydrogens (tertiary/aromatic N) is 1. The van der Waals surface area contributed by atoms with Crippen LogP contribution < -0.4 is 0 Å². The molecule has 60 valence electrons. The van der Waals surface area contributed by atoms with Crippen LogP contribution in [-0.2, 0) is 4.74 Å². The van der Waals surface area contributed by atoms with Gasteiger partial charge in [-0.05, 0) is 13.0 Å². The fourth-order valence-corrected chi connectivity index (χ4v) is 0.448. The summed E-state index contributed by atoms with van der Waals surface area (Å²) in [6, 6.07) is 0. The van der Waals surface area contributed by atoms with E-state index in [0.29, 0.717) is 12.3 Å². The van der Waals surface area contributed by atoms with Crippen LogP contribution in [-0.4, -0.2) is 12.9 Å². The summed E-state index contributed by atoms with van der Waals surface area (Å²) in [6.45, 7) is 9.59. The Morgan fingerprint density at radius 1 is 1.64 bits per heavy atom. The minimum Gasteiger partial charge on any atom is -0.447 e. The highest BCUT2D eigenvalue weighted by Crippen LogP contribution is 1.91. The van der Waals surface area contributed by atoms with Gasteiger partial charge in [0.25, 0.3) is 0 Å². The van der Waals surface area contributed by atoms with E-state index in [-0.39, 0.29) is 0 Å². The van der Waals surface area contributed by atoms with Gasteiger partial charge >= 0.3 is 0 Å². The number of hydrogen-bond donors (Lipinski definition) is 0. The van der Waals surface area contributed by atoms with Crippen molar-refractivity contribution in [2.24, 2.45) is 4.99 Å². The maximum absolute atomic E-state index is 4.96. The molecule has 0 aromatic carbocycles. The monoisotopic (exact) mass is 151 g/mol. The first-order valence-corrected chi connectivity index (χ1v) is 3.38. The molecule has 0 aromatic heterocycles. The average molecular weight is 151 g/mol. The number of ether oxygens (including phenoxy) is 1. The van der Waals surface area contributed by atoms with Gasteiger partial charge in [-0.25, -0.2) is 0 Å². The molecule has 0 rings (SSSR count). The van der Waals surface area contributed by atoms with Gasteiger partial charge in [0, 0.05) is 0 Å². The molecule has 0 unspecified atom stereocenters. The normalized spacial score (nSPS) is 10.6. The molecular formula is C9H13NO. The fraction of sp³-hybridized carbons (Fsp3) is 0.222. The minimum atomic E-state index is 0.573. The topological polar surface area (TPSA) is 21.6 Å². The molecule has 0 N–H and O–H groups in total. The standard InChI is InChI=1S/C9H13NO/c1-4-6-9(3)11-8-10-7-5-2/h4-6,8H,2-3,7H2,1H3/b6-4-,10-8?. The summed E-state index contributed by atoms with van der Waals surface area (Å²) >= 11 is 0. The molecule has 0 fully saturated rings. The molecule has 0 amide bonds. The molecule has 0 aliphatic heterocycles. The lowest BCUT2D eigenvalue weighted by Crippen LogP contribution is -1.84. The molecule has 0 saturated heterocycles. The van der Waals surface area contributed by atoms with Gasteiger partial charge in [-0.15, -0.1) is 6.58 Å². The Labute approximate surface area is 67.6 Å². The smallest absolute Gasteiger partial charge is 0.176 e. The van der Waals surface area contributed by atoms with Crippen molar-refractivity contribution in [1.82, 2.24) is 0 Å². The summed E-state index contributed by atoms with van der Waals surface area (Å²) in [5.41, 5.74) is 0. The highest BCUT2D eigenvalue weighted by Gasteiger charge is 1.80. The van der Waals surface area contributed by atoms with Crippen molar-refractivity contribution in [3.05, 3.63) is 37.1 Å². The van der Waals surface area contributed by atoms with Crippen molar-refractivity contribution < 1.29 is 4.74 Å². The van der Waals surface area contributed by atoms with E-state index in [9.17, 15) is 0 Å². The van der Waals surface area contributed by atoms with E-state index in [4.69, 9.17) is 4.74 Å². The van der Waals surface area contributed by atoms with E-state index < -0.39 is 0 Å². The zero-order chi connectivity index (χ0) is 8.53. The predicted octanol–water partition coefficient (Wildman–Crippen LogP) is 2.31. The molecular weight excluding hydrogens is 138 g/mol. The van der Waals surface area contributed by atoms with Crippen LogP contribution in [0.4, 0.5) is 0 Å². The molecule has 11 heavy (non-hydrogen) atoms. The Morgan fingerprint density at radius 2 is 2.36 bits per heavy atom. The molecule has 0 radical (unpaired) electrons. The van der Waals surface area contributed by atoms with Crippen molar-refractivity contribution in [3.8, 4) is 0 Å². The Hall–Kier alpha value is -1.31. The van der Waals surface area contributed by atoms with Crippen LogP contribution in [0.15, 0.2) is 42.1 Å². The summed E-state index contributed by atoms with van der Waals surface area (Å²) in [5.74, 6) is 0.584. The van der Waals surface area contributed by atoms with Gasteiger partial charge in [0.1, 0.15) is 5.76 Å². The van der Waals surface area contributed by atoms with Gasteiger partial charge in [0.05, 0.1) is 6.54 Å². The number of rotatable bonds is 5. The summed E-state index contributed by atoms with van der Waals surface area (Å²) in [6.07, 6.45) is 6.67. The van der Waals surface area contributed by atoms with Crippen molar-refractivity contribution in [1.29, 1.82) is 0 Å². The van der Waals surface area contributed by atoms with Crippen LogP contribution in [0, 0.1) is 0 Å². The van der Waals surface area contributed by atoms with Crippen LogP contribution in [0.2, 0.25) is 0 Å². The molecule has 0 aliphatic carbocycles. The average Bonchev–Trinajstić information content (AvgIpc) is 1.99. The van der Waals surface area contributed by atoms with Gasteiger partial charge in [0.15, 0.2) is 6.40 Å². The second-order valence-corrected chi connectivity index (χ2v) is 1.84. The van der Waals surface area contributed by atoms with Gasteiger partial charge in [-0.3, -0.25) is 4.99 Å². The molecule has 0 saturated carbocycles. The molecule has 0 atom stereocenters. The third-order valence-corrected chi connectivity index (χ3v) is 0.866. The maximum Gasteiger partial charge on any atom is 0.176 e. The first-order valence-electron chi connectivity index (χ1n) is 3.38. The van der Waals surface area contributed by atoms with Crippen LogP contribution in [0.1, 0.15) is 6.92 Å². The Balaban J connectivity index is 3.52. The maximum atomic E-state index is 4.96. The molecule has 0 aromatic rings. The lowest BCUT2D eigenvalue weighted by molar-refractivity contribution is 0.455. The number of aliphatic imine (C=N–C) groups is 1. The van der Waals surface area contributed by atoms with E-state index >= 15 is 0 Å². The molecule has 0 bridgehead atoms. The summed E-state index contributed by atoms with van der Waals surface area (Å²) in [7, 11) is 0. The Morgan fingerprint density at radius 3 is 2.91 bits per heavy atom. The minimum absolute atomic E-state index is 0.573. The second kappa shape index (κ2) is 6.81. The van der Waals surface area contributed by atoms with Crippen LogP contribution in [0.3, 0.4) is 0 Å². The van der Waals surface area contributed by atoms with Crippen molar-refractivity contribution in [3.63, 3.8) is 0 Å². The Kier molecular flexibility index (Phi) is 5.99. The zero-order valence-corrected chi connectivity index (χ0v) is 6.79. The van der Waals surface area contributed by atoms with E-state index in [1.165, 1.54) is 6.40 Å². The number of allylic oxidation sites excluding steroid dienone is 2. The van der Waals surface area contributed by atoms with Crippen LogP contribution >= 0.6 is 0 Å². The van der Waals surface area contributed by atoms with Gasteiger partial charge < -0.3 is 4.74 Å². The largest absolute Gasteiger partial charge is 0.447 e. The zero-order valence-electron chi connectivity index (χ0n) is 6.79. The van der Waals surface area contributed by atoms with Crippen LogP contribution in [0.25, 0.3) is 0 Å². The number of hydrogen-bond acceptors (Lipinski definition) is 2. The highest BCUT2D eigenvalue weighted by atomic mass is 16.5. The predicted molar refractivity (Wildman–Crippen MR) is 48.6 cm³/mol. The first-order chi connectivity index (χ1) is 5.31. The highest BCUT2D eigenvalue weighted by molar-refractivity contribution is 5.49. The SMILES string of the molecule is C=CCN=COC(=C)/C=C\C. The molecule has 0 heterocycles. The fourth-order valence-electron chi connectivity index (χ4n) is 0.448. The van der Waals surface area contributed by atoms with Gasteiger partial charge in [-0.1, -0.05) is 18.7 Å². The molecule has 0 spiro atoms. The Bertz CT molecular complexity index is 180. The van der Waals surface area contributed by atoms with E-state index in [0.717, 1.165) is 0 Å². The third kappa shape index (κ3) is 6.58. The van der Waals surface area contributed by atoms with E-state index in [1.807, 2.05) is 13.0 Å². The summed E-state index contributed by atoms with van der Waals surface area (Å²) < 4.78 is 4.96. The molecule has 2 nitrogen and oxygen atoms in total. The van der Waals surface area contributed by atoms with Crippen LogP contribution in [0.5, 0.6) is 0 Å². The van der Waals surface area contributed by atoms with Crippen molar-refractivity contribution in [2.75, 3.05) is 6.54 Å². The lowest BCUT2D eigenvalue weighted by Gasteiger charge is -1.94. The van der Waals surface area contributed by atoms with Crippen molar-refractivity contribution in [2.45, 2.75) is 6.92 Å². The summed E-state index contributed by atoms with van der Waals surface area (Å²) in [4.78, 5) is 3.85. The first kappa shape index (κ1) is 9.69. The second-order valence-electron chi connectivity index (χ2n) is 1.84. The summed E-state index contributed by atoms with van der Waals surface area (Å²) in [5, 5.41) is 0. The van der Waals surface area contributed by atoms with E-state index in [1.54, 1.807) is 12.2 Å². The van der Waals surface area contributed by atoms with Gasteiger partial charge in [0.2, 0.25) is 0 Å². The molecule has 2 heteroatoms. The van der Waals surface area contributed by atoms with Gasteiger partial charge in [-0.2, -0.15) is 0 Å². The van der Waals surface area contributed by atoms with E-state index in [2.05, 4.69) is 18.2 Å². The lowest BCUT2D eigenvalue weighted by atomic mass is 10.5. The third-order valence-electron chi connectivity index (χ3n) is 0.866. The molecule has 0 aliphatic rings. The van der Waals surface area contributed by atoms with Crippen molar-refractivity contribution >= 4 is 6.40 Å².